The van der Waals surface area contributed by atoms with Crippen LogP contribution < -0.4 is 20.1 Å². The maximum atomic E-state index is 12.2. The lowest BCUT2D eigenvalue weighted by molar-refractivity contribution is 0.249. The van der Waals surface area contributed by atoms with Crippen molar-refractivity contribution in [3.05, 3.63) is 28.8 Å². The van der Waals surface area contributed by atoms with Gasteiger partial charge in [-0.25, -0.2) is 4.79 Å². The number of rotatable bonds is 7. The van der Waals surface area contributed by atoms with Gasteiger partial charge in [-0.1, -0.05) is 18.3 Å². The van der Waals surface area contributed by atoms with Gasteiger partial charge in [0, 0.05) is 12.0 Å². The second-order valence-electron chi connectivity index (χ2n) is 5.18. The molecule has 130 valence electrons. The van der Waals surface area contributed by atoms with Crippen LogP contribution in [0.3, 0.4) is 0 Å². The molecule has 0 saturated heterocycles. The van der Waals surface area contributed by atoms with Gasteiger partial charge in [0.05, 0.1) is 20.3 Å². The minimum atomic E-state index is -0.341. The Morgan fingerprint density at radius 1 is 1.29 bits per heavy atom. The first-order chi connectivity index (χ1) is 11.6. The highest BCUT2D eigenvalue weighted by Gasteiger charge is 2.16. The van der Waals surface area contributed by atoms with Crippen molar-refractivity contribution in [2.45, 2.75) is 32.7 Å². The summed E-state index contributed by atoms with van der Waals surface area (Å²) >= 11 is 1.38. The zero-order valence-electron chi connectivity index (χ0n) is 14.3. The zero-order chi connectivity index (χ0) is 17.5. The van der Waals surface area contributed by atoms with E-state index in [2.05, 4.69) is 27.8 Å². The molecule has 8 heteroatoms. The summed E-state index contributed by atoms with van der Waals surface area (Å²) in [5.41, 5.74) is 0.830. The molecule has 1 heterocycles. The average Bonchev–Trinajstić information content (AvgIpc) is 3.01. The Hall–Kier alpha value is -2.35. The summed E-state index contributed by atoms with van der Waals surface area (Å²) in [4.78, 5) is 12.2. The summed E-state index contributed by atoms with van der Waals surface area (Å²) in [7, 11) is 3.19. The molecule has 0 aliphatic rings. The van der Waals surface area contributed by atoms with Crippen molar-refractivity contribution in [1.29, 1.82) is 0 Å². The van der Waals surface area contributed by atoms with Gasteiger partial charge in [-0.15, -0.1) is 10.2 Å². The number of aromatic nitrogens is 2. The maximum absolute atomic E-state index is 12.2. The third-order valence-electron chi connectivity index (χ3n) is 3.40. The van der Waals surface area contributed by atoms with Gasteiger partial charge in [-0.2, -0.15) is 0 Å². The number of amides is 2. The lowest BCUT2D eigenvalue weighted by atomic mass is 10.1. The number of hydrogen-bond donors (Lipinski definition) is 2. The van der Waals surface area contributed by atoms with Crippen molar-refractivity contribution in [3.63, 3.8) is 0 Å². The van der Waals surface area contributed by atoms with Gasteiger partial charge in [0.2, 0.25) is 5.13 Å². The quantitative estimate of drug-likeness (QED) is 0.799. The van der Waals surface area contributed by atoms with Crippen LogP contribution in [0.1, 0.15) is 36.9 Å². The molecule has 1 aromatic carbocycles. The standard InChI is InChI=1S/C16H22N4O3S/c1-5-6-14-19-20-16(24-14)18-15(21)17-10(2)12-9-11(22-3)7-8-13(12)23-4/h7-10H,5-6H2,1-4H3,(H2,17,18,20,21). The molecule has 7 nitrogen and oxygen atoms in total. The van der Waals surface area contributed by atoms with Crippen LogP contribution in [0.4, 0.5) is 9.93 Å². The average molecular weight is 350 g/mol. The zero-order valence-corrected chi connectivity index (χ0v) is 15.1. The van der Waals surface area contributed by atoms with E-state index in [1.807, 2.05) is 25.1 Å². The molecule has 2 rings (SSSR count). The van der Waals surface area contributed by atoms with Crippen molar-refractivity contribution in [3.8, 4) is 11.5 Å². The molecule has 24 heavy (non-hydrogen) atoms. The number of ether oxygens (including phenoxy) is 2. The summed E-state index contributed by atoms with van der Waals surface area (Å²) in [6.45, 7) is 3.95. The van der Waals surface area contributed by atoms with Gasteiger partial charge in [-0.3, -0.25) is 5.32 Å². The van der Waals surface area contributed by atoms with Gasteiger partial charge in [0.1, 0.15) is 16.5 Å². The van der Waals surface area contributed by atoms with Crippen LogP contribution in [0, 0.1) is 0 Å². The Bertz CT molecular complexity index is 690. The monoisotopic (exact) mass is 350 g/mol. The van der Waals surface area contributed by atoms with E-state index in [4.69, 9.17) is 9.47 Å². The van der Waals surface area contributed by atoms with Gasteiger partial charge in [0.15, 0.2) is 0 Å². The number of aryl methyl sites for hydroxylation is 1. The fourth-order valence-electron chi connectivity index (χ4n) is 2.20. The molecule has 0 spiro atoms. The van der Waals surface area contributed by atoms with Crippen molar-refractivity contribution in [2.24, 2.45) is 0 Å². The van der Waals surface area contributed by atoms with Crippen molar-refractivity contribution >= 4 is 22.5 Å². The normalized spacial score (nSPS) is 11.7. The fraction of sp³-hybridized carbons (Fsp3) is 0.438. The molecule has 2 aromatic rings. The Kier molecular flexibility index (Phi) is 6.36. The van der Waals surface area contributed by atoms with E-state index in [0.29, 0.717) is 16.6 Å². The highest BCUT2D eigenvalue weighted by atomic mass is 32.1. The summed E-state index contributed by atoms with van der Waals surface area (Å²) < 4.78 is 10.6. The highest BCUT2D eigenvalue weighted by molar-refractivity contribution is 7.15. The molecule has 2 N–H and O–H groups in total. The van der Waals surface area contributed by atoms with Crippen LogP contribution >= 0.6 is 11.3 Å². The predicted octanol–water partition coefficient (Wildman–Crippen LogP) is 3.39. The minimum absolute atomic E-state index is 0.266. The van der Waals surface area contributed by atoms with Crippen LogP contribution in [0.25, 0.3) is 0 Å². The largest absolute Gasteiger partial charge is 0.497 e. The van der Waals surface area contributed by atoms with Crippen LogP contribution in [-0.2, 0) is 6.42 Å². The number of urea groups is 1. The topological polar surface area (TPSA) is 85.4 Å². The number of carbonyl (C=O) groups is 1. The first kappa shape index (κ1) is 18.0. The molecule has 0 aliphatic carbocycles. The molecule has 0 aliphatic heterocycles. The van der Waals surface area contributed by atoms with Crippen molar-refractivity contribution < 1.29 is 14.3 Å². The summed E-state index contributed by atoms with van der Waals surface area (Å²) in [5, 5.41) is 15.0. The Balaban J connectivity index is 2.02. The molecule has 1 atom stereocenters. The van der Waals surface area contributed by atoms with Crippen LogP contribution in [0.2, 0.25) is 0 Å². The molecule has 0 fully saturated rings. The van der Waals surface area contributed by atoms with E-state index < -0.39 is 0 Å². The van der Waals surface area contributed by atoms with E-state index in [-0.39, 0.29) is 12.1 Å². The Labute approximate surface area is 145 Å². The molecular weight excluding hydrogens is 328 g/mol. The first-order valence-electron chi connectivity index (χ1n) is 7.69. The Morgan fingerprint density at radius 2 is 2.08 bits per heavy atom. The van der Waals surface area contributed by atoms with Crippen molar-refractivity contribution in [1.82, 2.24) is 15.5 Å². The first-order valence-corrected chi connectivity index (χ1v) is 8.50. The number of hydrogen-bond acceptors (Lipinski definition) is 6. The number of nitrogens with one attached hydrogen (secondary N) is 2. The lowest BCUT2D eigenvalue weighted by Gasteiger charge is -2.18. The van der Waals surface area contributed by atoms with Crippen LogP contribution in [0.5, 0.6) is 11.5 Å². The smallest absolute Gasteiger partial charge is 0.321 e. The summed E-state index contributed by atoms with van der Waals surface area (Å²) in [6, 6.07) is 4.86. The predicted molar refractivity (Wildman–Crippen MR) is 94.0 cm³/mol. The molecule has 0 bridgehead atoms. The molecular formula is C16H22N4O3S. The van der Waals surface area contributed by atoms with E-state index in [9.17, 15) is 4.79 Å². The fourth-order valence-corrected chi connectivity index (χ4v) is 3.04. The number of carbonyl (C=O) groups excluding carboxylic acids is 1. The lowest BCUT2D eigenvalue weighted by Crippen LogP contribution is -2.31. The number of nitrogens with zero attached hydrogens (tertiary/aromatic N) is 2. The third kappa shape index (κ3) is 4.58. The maximum Gasteiger partial charge on any atom is 0.321 e. The van der Waals surface area contributed by atoms with Crippen LogP contribution in [-0.4, -0.2) is 30.4 Å². The minimum Gasteiger partial charge on any atom is -0.497 e. The SMILES string of the molecule is CCCc1nnc(NC(=O)NC(C)c2cc(OC)ccc2OC)s1. The van der Waals surface area contributed by atoms with Crippen LogP contribution in [0.15, 0.2) is 18.2 Å². The van der Waals surface area contributed by atoms with E-state index in [1.165, 1.54) is 11.3 Å². The second kappa shape index (κ2) is 8.49. The second-order valence-corrected chi connectivity index (χ2v) is 6.24. The van der Waals surface area contributed by atoms with E-state index in [0.717, 1.165) is 23.4 Å². The van der Waals surface area contributed by atoms with Gasteiger partial charge >= 0.3 is 6.03 Å². The van der Waals surface area contributed by atoms with E-state index in [1.54, 1.807) is 14.2 Å². The number of methoxy groups -OCH3 is 2. The molecule has 0 radical (unpaired) electrons. The molecule has 1 aromatic heterocycles. The van der Waals surface area contributed by atoms with Crippen molar-refractivity contribution in [2.75, 3.05) is 19.5 Å². The molecule has 2 amide bonds. The summed E-state index contributed by atoms with van der Waals surface area (Å²) in [5.74, 6) is 1.39. The van der Waals surface area contributed by atoms with Gasteiger partial charge in [-0.05, 0) is 31.5 Å². The van der Waals surface area contributed by atoms with Gasteiger partial charge in [0.25, 0.3) is 0 Å². The third-order valence-corrected chi connectivity index (χ3v) is 4.30. The number of benzene rings is 1. The summed E-state index contributed by atoms with van der Waals surface area (Å²) in [6.07, 6.45) is 1.85. The highest BCUT2D eigenvalue weighted by Crippen LogP contribution is 2.29. The Morgan fingerprint density at radius 3 is 2.75 bits per heavy atom. The number of anilines is 1. The van der Waals surface area contributed by atoms with E-state index >= 15 is 0 Å². The molecule has 1 unspecified atom stereocenters. The molecule has 0 saturated carbocycles. The van der Waals surface area contributed by atoms with Gasteiger partial charge < -0.3 is 14.8 Å².